The SMILES string of the molecule is CN1CCN(c2ccncc2C(N)=O)CC1. The van der Waals surface area contributed by atoms with Crippen LogP contribution in [0.3, 0.4) is 0 Å². The summed E-state index contributed by atoms with van der Waals surface area (Å²) in [7, 11) is 2.10. The van der Waals surface area contributed by atoms with Crippen LogP contribution in [0.4, 0.5) is 5.69 Å². The normalized spacial score (nSPS) is 17.4. The Balaban J connectivity index is 2.23. The minimum absolute atomic E-state index is 0.415. The van der Waals surface area contributed by atoms with Gasteiger partial charge in [-0.1, -0.05) is 0 Å². The van der Waals surface area contributed by atoms with Gasteiger partial charge in [0.15, 0.2) is 0 Å². The second-order valence-corrected chi connectivity index (χ2v) is 4.05. The largest absolute Gasteiger partial charge is 0.368 e. The molecule has 5 heteroatoms. The Morgan fingerprint density at radius 3 is 2.69 bits per heavy atom. The van der Waals surface area contributed by atoms with Crippen molar-refractivity contribution in [2.75, 3.05) is 38.1 Å². The van der Waals surface area contributed by atoms with Crippen LogP contribution >= 0.6 is 0 Å². The summed E-state index contributed by atoms with van der Waals surface area (Å²) < 4.78 is 0. The van der Waals surface area contributed by atoms with Crippen LogP contribution in [0.1, 0.15) is 10.4 Å². The topological polar surface area (TPSA) is 62.5 Å². The van der Waals surface area contributed by atoms with Crippen LogP contribution in [0.15, 0.2) is 18.5 Å². The number of anilines is 1. The van der Waals surface area contributed by atoms with Gasteiger partial charge >= 0.3 is 0 Å². The summed E-state index contributed by atoms with van der Waals surface area (Å²) in [6.07, 6.45) is 3.23. The summed E-state index contributed by atoms with van der Waals surface area (Å²) in [5, 5.41) is 0. The number of likely N-dealkylation sites (N-methyl/N-ethyl adjacent to an activating group) is 1. The Hall–Kier alpha value is -1.62. The second-order valence-electron chi connectivity index (χ2n) is 4.05. The van der Waals surface area contributed by atoms with Gasteiger partial charge < -0.3 is 15.5 Å². The predicted octanol–water partition coefficient (Wildman–Crippen LogP) is -0.0677. The lowest BCUT2D eigenvalue weighted by Crippen LogP contribution is -2.45. The lowest BCUT2D eigenvalue weighted by atomic mass is 10.2. The van der Waals surface area contributed by atoms with Gasteiger partial charge in [-0.05, 0) is 13.1 Å². The van der Waals surface area contributed by atoms with Gasteiger partial charge in [0.2, 0.25) is 0 Å². The highest BCUT2D eigenvalue weighted by molar-refractivity contribution is 5.98. The predicted molar refractivity (Wildman–Crippen MR) is 62.5 cm³/mol. The summed E-state index contributed by atoms with van der Waals surface area (Å²) >= 11 is 0. The van der Waals surface area contributed by atoms with Crippen molar-refractivity contribution >= 4 is 11.6 Å². The van der Waals surface area contributed by atoms with Gasteiger partial charge in [0, 0.05) is 38.6 Å². The van der Waals surface area contributed by atoms with Crippen molar-refractivity contribution in [1.82, 2.24) is 9.88 Å². The lowest BCUT2D eigenvalue weighted by molar-refractivity contribution is 0.100. The number of hydrogen-bond donors (Lipinski definition) is 1. The first kappa shape index (κ1) is 10.9. The highest BCUT2D eigenvalue weighted by Gasteiger charge is 2.18. The fraction of sp³-hybridized carbons (Fsp3) is 0.455. The van der Waals surface area contributed by atoms with E-state index in [1.165, 1.54) is 6.20 Å². The molecule has 0 spiro atoms. The van der Waals surface area contributed by atoms with E-state index in [0.29, 0.717) is 5.56 Å². The summed E-state index contributed by atoms with van der Waals surface area (Å²) in [5.74, 6) is -0.415. The summed E-state index contributed by atoms with van der Waals surface area (Å²) in [6.45, 7) is 3.84. The van der Waals surface area contributed by atoms with Crippen LogP contribution in [0, 0.1) is 0 Å². The van der Waals surface area contributed by atoms with Crippen LogP contribution in [0.25, 0.3) is 0 Å². The first-order chi connectivity index (χ1) is 7.68. The van der Waals surface area contributed by atoms with E-state index in [-0.39, 0.29) is 0 Å². The van der Waals surface area contributed by atoms with E-state index < -0.39 is 5.91 Å². The van der Waals surface area contributed by atoms with Crippen LogP contribution in [-0.2, 0) is 0 Å². The Morgan fingerprint density at radius 2 is 2.06 bits per heavy atom. The molecule has 0 radical (unpaired) electrons. The van der Waals surface area contributed by atoms with E-state index in [1.54, 1.807) is 6.20 Å². The number of primary amides is 1. The molecule has 0 saturated carbocycles. The van der Waals surface area contributed by atoms with Gasteiger partial charge in [0.1, 0.15) is 0 Å². The van der Waals surface area contributed by atoms with E-state index in [9.17, 15) is 4.79 Å². The Bertz CT molecular complexity index is 385. The van der Waals surface area contributed by atoms with Crippen molar-refractivity contribution < 1.29 is 4.79 Å². The number of amides is 1. The molecule has 1 aliphatic rings. The molecule has 0 aliphatic carbocycles. The fourth-order valence-electron chi connectivity index (χ4n) is 1.90. The Morgan fingerprint density at radius 1 is 1.38 bits per heavy atom. The molecule has 0 bridgehead atoms. The van der Waals surface area contributed by atoms with Crippen molar-refractivity contribution in [2.45, 2.75) is 0 Å². The number of carbonyl (C=O) groups excluding carboxylic acids is 1. The third-order valence-corrected chi connectivity index (χ3v) is 2.91. The number of nitrogens with zero attached hydrogens (tertiary/aromatic N) is 3. The molecular weight excluding hydrogens is 204 g/mol. The van der Waals surface area contributed by atoms with Gasteiger partial charge in [0.25, 0.3) is 5.91 Å². The highest BCUT2D eigenvalue weighted by Crippen LogP contribution is 2.19. The van der Waals surface area contributed by atoms with Gasteiger partial charge in [-0.2, -0.15) is 0 Å². The monoisotopic (exact) mass is 220 g/mol. The molecule has 16 heavy (non-hydrogen) atoms. The maximum absolute atomic E-state index is 11.3. The average Bonchev–Trinajstić information content (AvgIpc) is 2.30. The van der Waals surface area contributed by atoms with Crippen molar-refractivity contribution in [2.24, 2.45) is 5.73 Å². The van der Waals surface area contributed by atoms with Crippen molar-refractivity contribution in [1.29, 1.82) is 0 Å². The quantitative estimate of drug-likeness (QED) is 0.758. The summed E-state index contributed by atoms with van der Waals surface area (Å²) in [4.78, 5) is 19.7. The molecule has 2 N–H and O–H groups in total. The number of pyridine rings is 1. The van der Waals surface area contributed by atoms with E-state index in [2.05, 4.69) is 21.8 Å². The van der Waals surface area contributed by atoms with E-state index in [4.69, 9.17) is 5.73 Å². The molecule has 0 atom stereocenters. The fourth-order valence-corrected chi connectivity index (χ4v) is 1.90. The third kappa shape index (κ3) is 2.14. The van der Waals surface area contributed by atoms with Gasteiger partial charge in [0.05, 0.1) is 11.3 Å². The zero-order valence-electron chi connectivity index (χ0n) is 9.39. The molecule has 86 valence electrons. The smallest absolute Gasteiger partial charge is 0.252 e. The van der Waals surface area contributed by atoms with E-state index in [0.717, 1.165) is 31.9 Å². The number of carbonyl (C=O) groups is 1. The first-order valence-electron chi connectivity index (χ1n) is 5.36. The maximum Gasteiger partial charge on any atom is 0.252 e. The third-order valence-electron chi connectivity index (χ3n) is 2.91. The molecule has 1 fully saturated rings. The minimum Gasteiger partial charge on any atom is -0.368 e. The van der Waals surface area contributed by atoms with Crippen LogP contribution in [0.5, 0.6) is 0 Å². The van der Waals surface area contributed by atoms with Gasteiger partial charge in [-0.15, -0.1) is 0 Å². The molecule has 1 amide bonds. The maximum atomic E-state index is 11.3. The number of nitrogens with two attached hydrogens (primary N) is 1. The summed E-state index contributed by atoms with van der Waals surface area (Å²) in [5.41, 5.74) is 6.74. The summed E-state index contributed by atoms with van der Waals surface area (Å²) in [6, 6.07) is 1.85. The molecule has 1 aromatic heterocycles. The number of aromatic nitrogens is 1. The lowest BCUT2D eigenvalue weighted by Gasteiger charge is -2.34. The Labute approximate surface area is 94.9 Å². The first-order valence-corrected chi connectivity index (χ1v) is 5.36. The molecule has 0 aromatic carbocycles. The number of piperazine rings is 1. The number of hydrogen-bond acceptors (Lipinski definition) is 4. The molecule has 2 heterocycles. The van der Waals surface area contributed by atoms with Gasteiger partial charge in [-0.3, -0.25) is 9.78 Å². The van der Waals surface area contributed by atoms with Crippen molar-refractivity contribution in [3.8, 4) is 0 Å². The van der Waals surface area contributed by atoms with E-state index in [1.807, 2.05) is 6.07 Å². The second kappa shape index (κ2) is 4.49. The number of rotatable bonds is 2. The average molecular weight is 220 g/mol. The zero-order chi connectivity index (χ0) is 11.5. The zero-order valence-corrected chi connectivity index (χ0v) is 9.39. The van der Waals surface area contributed by atoms with Crippen LogP contribution in [0.2, 0.25) is 0 Å². The molecule has 1 aromatic rings. The molecule has 0 unspecified atom stereocenters. The van der Waals surface area contributed by atoms with Crippen LogP contribution in [-0.4, -0.2) is 49.0 Å². The Kier molecular flexibility index (Phi) is 3.05. The van der Waals surface area contributed by atoms with E-state index >= 15 is 0 Å². The van der Waals surface area contributed by atoms with Crippen LogP contribution < -0.4 is 10.6 Å². The van der Waals surface area contributed by atoms with Gasteiger partial charge in [-0.25, -0.2) is 0 Å². The molecule has 1 saturated heterocycles. The van der Waals surface area contributed by atoms with Crippen molar-refractivity contribution in [3.63, 3.8) is 0 Å². The highest BCUT2D eigenvalue weighted by atomic mass is 16.1. The molecular formula is C11H16N4O. The van der Waals surface area contributed by atoms with Crippen molar-refractivity contribution in [3.05, 3.63) is 24.0 Å². The molecule has 5 nitrogen and oxygen atoms in total. The molecule has 1 aliphatic heterocycles. The standard InChI is InChI=1S/C11H16N4O/c1-14-4-6-15(7-5-14)10-2-3-13-8-9(10)11(12)16/h2-3,8H,4-7H2,1H3,(H2,12,16). The minimum atomic E-state index is -0.415. The molecule has 2 rings (SSSR count).